The molecular formula is C18H23FN4O2. The molecule has 6 nitrogen and oxygen atoms in total. The van der Waals surface area contributed by atoms with Crippen molar-refractivity contribution in [3.05, 3.63) is 41.4 Å². The molecule has 2 saturated heterocycles. The Hall–Kier alpha value is -2.25. The molecule has 0 radical (unpaired) electrons. The van der Waals surface area contributed by atoms with E-state index in [1.54, 1.807) is 12.1 Å². The second-order valence-electron chi connectivity index (χ2n) is 6.91. The maximum absolute atomic E-state index is 14.1. The van der Waals surface area contributed by atoms with Crippen molar-refractivity contribution in [2.75, 3.05) is 11.9 Å². The number of anilines is 1. The highest BCUT2D eigenvalue weighted by molar-refractivity contribution is 6.09. The third-order valence-corrected chi connectivity index (χ3v) is 4.46. The summed E-state index contributed by atoms with van der Waals surface area (Å²) in [5.41, 5.74) is 6.27. The molecule has 0 bridgehead atoms. The molecule has 5 N–H and O–H groups in total. The molecule has 0 aromatic heterocycles. The minimum Gasteiger partial charge on any atom is -0.392 e. The van der Waals surface area contributed by atoms with Gasteiger partial charge in [0.25, 0.3) is 5.91 Å². The van der Waals surface area contributed by atoms with Crippen molar-refractivity contribution in [3.8, 4) is 0 Å². The third-order valence-electron chi connectivity index (χ3n) is 4.46. The minimum atomic E-state index is -0.965. The van der Waals surface area contributed by atoms with Gasteiger partial charge in [-0.25, -0.2) is 4.39 Å². The molecule has 1 aromatic rings. The van der Waals surface area contributed by atoms with E-state index in [9.17, 15) is 9.18 Å². The van der Waals surface area contributed by atoms with Crippen molar-refractivity contribution in [1.82, 2.24) is 5.32 Å². The van der Waals surface area contributed by atoms with Crippen molar-refractivity contribution in [2.24, 2.45) is 11.7 Å². The molecule has 134 valence electrons. The number of fused-ring (bicyclic) bond motifs is 1. The van der Waals surface area contributed by atoms with Crippen LogP contribution in [0.25, 0.3) is 0 Å². The summed E-state index contributed by atoms with van der Waals surface area (Å²) in [6.07, 6.45) is 0.590. The Balaban J connectivity index is 1.61. The molecule has 2 heterocycles. The highest BCUT2D eigenvalue weighted by Crippen LogP contribution is 2.39. The SMILES string of the molecule is CC(C)CC(=N)/C(F)=C(\N)C(=O)Nc1ccc([C@@H]2OC3CN[C@H]32)cc1. The topological polar surface area (TPSA) is 100 Å². The van der Waals surface area contributed by atoms with E-state index < -0.39 is 17.4 Å². The first-order valence-electron chi connectivity index (χ1n) is 8.40. The summed E-state index contributed by atoms with van der Waals surface area (Å²) in [5, 5.41) is 13.5. The van der Waals surface area contributed by atoms with Crippen LogP contribution in [0, 0.1) is 11.3 Å². The Morgan fingerprint density at radius 3 is 2.60 bits per heavy atom. The summed E-state index contributed by atoms with van der Waals surface area (Å²) in [4.78, 5) is 12.1. The highest BCUT2D eigenvalue weighted by atomic mass is 19.1. The maximum atomic E-state index is 14.1. The van der Waals surface area contributed by atoms with Crippen LogP contribution in [-0.2, 0) is 9.53 Å². The Kier molecular flexibility index (Phi) is 4.87. The minimum absolute atomic E-state index is 0.0439. The fourth-order valence-corrected chi connectivity index (χ4v) is 2.97. The Bertz CT molecular complexity index is 714. The number of carbonyl (C=O) groups excluding carboxylic acids is 1. The van der Waals surface area contributed by atoms with Gasteiger partial charge in [0.2, 0.25) is 0 Å². The summed E-state index contributed by atoms with van der Waals surface area (Å²) in [6, 6.07) is 7.57. The summed E-state index contributed by atoms with van der Waals surface area (Å²) in [7, 11) is 0. The molecule has 0 aliphatic carbocycles. The van der Waals surface area contributed by atoms with E-state index in [1.165, 1.54) is 0 Å². The summed E-state index contributed by atoms with van der Waals surface area (Å²) in [5.74, 6) is -1.60. The largest absolute Gasteiger partial charge is 0.392 e. The van der Waals surface area contributed by atoms with Crippen LogP contribution in [0.1, 0.15) is 31.9 Å². The smallest absolute Gasteiger partial charge is 0.274 e. The van der Waals surface area contributed by atoms with E-state index in [1.807, 2.05) is 26.0 Å². The van der Waals surface area contributed by atoms with Crippen molar-refractivity contribution in [2.45, 2.75) is 38.5 Å². The van der Waals surface area contributed by atoms with Gasteiger partial charge in [0.15, 0.2) is 5.83 Å². The number of benzene rings is 1. The molecule has 7 heteroatoms. The van der Waals surface area contributed by atoms with Crippen LogP contribution in [0.4, 0.5) is 10.1 Å². The number of rotatable bonds is 6. The number of hydrogen-bond donors (Lipinski definition) is 4. The van der Waals surface area contributed by atoms with Gasteiger partial charge < -0.3 is 26.5 Å². The van der Waals surface area contributed by atoms with E-state index in [-0.39, 0.29) is 24.2 Å². The molecule has 0 saturated carbocycles. The Morgan fingerprint density at radius 1 is 1.44 bits per heavy atom. The van der Waals surface area contributed by atoms with Crippen LogP contribution in [0.3, 0.4) is 0 Å². The lowest BCUT2D eigenvalue weighted by molar-refractivity contribution is -0.203. The van der Waals surface area contributed by atoms with Crippen LogP contribution in [0.15, 0.2) is 35.8 Å². The zero-order chi connectivity index (χ0) is 18.1. The molecule has 1 aromatic carbocycles. The first-order chi connectivity index (χ1) is 11.9. The number of morpholine rings is 1. The summed E-state index contributed by atoms with van der Waals surface area (Å²) < 4.78 is 19.8. The predicted molar refractivity (Wildman–Crippen MR) is 94.0 cm³/mol. The van der Waals surface area contributed by atoms with Gasteiger partial charge in [-0.1, -0.05) is 26.0 Å². The predicted octanol–water partition coefficient (Wildman–Crippen LogP) is 2.24. The first kappa shape index (κ1) is 17.6. The molecule has 2 fully saturated rings. The standard InChI is InChI=1S/C18H23FN4O2/c1-9(2)7-12(20)14(19)15(21)18(24)23-11-5-3-10(4-6-11)17-16-13(25-17)8-22-16/h3-6,9,13,16-17,20,22H,7-8,21H2,1-2H3,(H,23,24)/b15-14+,20-12?/t13?,16-,17+/m1/s1. The van der Waals surface area contributed by atoms with E-state index in [0.717, 1.165) is 12.1 Å². The van der Waals surface area contributed by atoms with Gasteiger partial charge in [0.1, 0.15) is 11.8 Å². The number of nitrogens with two attached hydrogens (primary N) is 1. The van der Waals surface area contributed by atoms with Crippen LogP contribution in [0.5, 0.6) is 0 Å². The molecule has 25 heavy (non-hydrogen) atoms. The monoisotopic (exact) mass is 346 g/mol. The zero-order valence-corrected chi connectivity index (χ0v) is 14.3. The lowest BCUT2D eigenvalue weighted by atomic mass is 9.86. The molecule has 3 atom stereocenters. The van der Waals surface area contributed by atoms with Crippen molar-refractivity contribution in [1.29, 1.82) is 5.41 Å². The van der Waals surface area contributed by atoms with Crippen molar-refractivity contribution >= 4 is 17.3 Å². The van der Waals surface area contributed by atoms with Gasteiger partial charge >= 0.3 is 0 Å². The van der Waals surface area contributed by atoms with E-state index >= 15 is 0 Å². The van der Waals surface area contributed by atoms with Gasteiger partial charge in [-0.2, -0.15) is 0 Å². The summed E-state index contributed by atoms with van der Waals surface area (Å²) in [6.45, 7) is 4.64. The molecular weight excluding hydrogens is 323 g/mol. The van der Waals surface area contributed by atoms with Crippen LogP contribution in [-0.4, -0.2) is 30.3 Å². The van der Waals surface area contributed by atoms with Gasteiger partial charge in [-0.3, -0.25) is 4.79 Å². The number of halogens is 1. The number of ether oxygens (including phenoxy) is 1. The average molecular weight is 346 g/mol. The first-order valence-corrected chi connectivity index (χ1v) is 8.40. The molecule has 3 rings (SSSR count). The Labute approximate surface area is 146 Å². The fourth-order valence-electron chi connectivity index (χ4n) is 2.97. The third kappa shape index (κ3) is 3.57. The molecule has 1 amide bonds. The number of amides is 1. The van der Waals surface area contributed by atoms with Crippen LogP contribution in [0.2, 0.25) is 0 Å². The van der Waals surface area contributed by atoms with E-state index in [0.29, 0.717) is 17.8 Å². The second kappa shape index (κ2) is 6.93. The van der Waals surface area contributed by atoms with Crippen molar-refractivity contribution in [3.63, 3.8) is 0 Å². The van der Waals surface area contributed by atoms with Gasteiger partial charge in [-0.05, 0) is 30.0 Å². The molecule has 1 unspecified atom stereocenters. The normalized spacial score (nSPS) is 25.4. The molecule has 0 spiro atoms. The lowest BCUT2D eigenvalue weighted by Gasteiger charge is -2.53. The second-order valence-corrected chi connectivity index (χ2v) is 6.91. The van der Waals surface area contributed by atoms with Gasteiger partial charge in [0, 0.05) is 12.2 Å². The zero-order valence-electron chi connectivity index (χ0n) is 14.3. The number of carbonyl (C=O) groups is 1. The van der Waals surface area contributed by atoms with Crippen LogP contribution < -0.4 is 16.4 Å². The Morgan fingerprint density at radius 2 is 2.12 bits per heavy atom. The van der Waals surface area contributed by atoms with Gasteiger partial charge in [0.05, 0.1) is 17.9 Å². The summed E-state index contributed by atoms with van der Waals surface area (Å²) >= 11 is 0. The number of nitrogens with one attached hydrogen (secondary N) is 3. The highest BCUT2D eigenvalue weighted by Gasteiger charge is 2.49. The number of hydrogen-bond acceptors (Lipinski definition) is 5. The van der Waals surface area contributed by atoms with Crippen molar-refractivity contribution < 1.29 is 13.9 Å². The van der Waals surface area contributed by atoms with Gasteiger partial charge in [-0.15, -0.1) is 0 Å². The average Bonchev–Trinajstić information content (AvgIpc) is 2.56. The maximum Gasteiger partial charge on any atom is 0.274 e. The quantitative estimate of drug-likeness (QED) is 0.469. The number of allylic oxidation sites excluding steroid dienone is 1. The fraction of sp³-hybridized carbons (Fsp3) is 0.444. The van der Waals surface area contributed by atoms with Crippen LogP contribution >= 0.6 is 0 Å². The molecule has 2 aliphatic rings. The van der Waals surface area contributed by atoms with E-state index in [2.05, 4.69) is 10.6 Å². The van der Waals surface area contributed by atoms with E-state index in [4.69, 9.17) is 15.9 Å². The lowest BCUT2D eigenvalue weighted by Crippen LogP contribution is -2.69. The molecule has 2 aliphatic heterocycles.